The molecule has 0 unspecified atom stereocenters. The van der Waals surface area contributed by atoms with Gasteiger partial charge in [0.15, 0.2) is 5.82 Å². The van der Waals surface area contributed by atoms with Gasteiger partial charge in [0.25, 0.3) is 0 Å². The summed E-state index contributed by atoms with van der Waals surface area (Å²) in [4.78, 5) is 11.3. The lowest BCUT2D eigenvalue weighted by Gasteiger charge is -2.27. The van der Waals surface area contributed by atoms with Gasteiger partial charge in [0.2, 0.25) is 0 Å². The van der Waals surface area contributed by atoms with E-state index in [-0.39, 0.29) is 0 Å². The number of halogens is 3. The van der Waals surface area contributed by atoms with E-state index in [2.05, 4.69) is 26.0 Å². The topological polar surface area (TPSA) is 46.3 Å². The summed E-state index contributed by atoms with van der Waals surface area (Å²) in [6.07, 6.45) is 0.130. The molecule has 0 saturated heterocycles. The van der Waals surface area contributed by atoms with Crippen LogP contribution in [0.5, 0.6) is 0 Å². The van der Waals surface area contributed by atoms with Crippen LogP contribution >= 0.6 is 0 Å². The summed E-state index contributed by atoms with van der Waals surface area (Å²) in [5.74, 6) is 0.455. The fourth-order valence-corrected chi connectivity index (χ4v) is 3.75. The number of hydrogen-bond donors (Lipinski definition) is 0. The normalized spacial score (nSPS) is 14.8. The van der Waals surface area contributed by atoms with Crippen LogP contribution in [0.15, 0.2) is 60.9 Å². The first-order valence-electron chi connectivity index (χ1n) is 9.64. The highest BCUT2D eigenvalue weighted by molar-refractivity contribution is 5.56. The molecule has 0 radical (unpaired) electrons. The van der Waals surface area contributed by atoms with Gasteiger partial charge in [-0.2, -0.15) is 18.3 Å². The highest BCUT2D eigenvalue weighted by Gasteiger charge is 2.30. The molecule has 8 heteroatoms. The molecule has 0 aliphatic carbocycles. The molecule has 4 aromatic rings. The molecule has 5 nitrogen and oxygen atoms in total. The number of hydrogen-bond acceptors (Lipinski definition) is 4. The van der Waals surface area contributed by atoms with E-state index in [1.54, 1.807) is 6.20 Å². The van der Waals surface area contributed by atoms with Crippen molar-refractivity contribution in [3.63, 3.8) is 0 Å². The van der Waals surface area contributed by atoms with E-state index in [4.69, 9.17) is 0 Å². The third-order valence-electron chi connectivity index (χ3n) is 5.29. The Balaban J connectivity index is 1.32. The van der Waals surface area contributed by atoms with Crippen molar-refractivity contribution in [2.24, 2.45) is 0 Å². The molecule has 0 bridgehead atoms. The third-order valence-corrected chi connectivity index (χ3v) is 5.29. The SMILES string of the molecule is FC(F)(F)c1ccc(-c2ncc3c(n2)CCN(Cc2cc4ccccn4n2)C3)cc1. The van der Waals surface area contributed by atoms with Crippen LogP contribution in [-0.2, 0) is 25.7 Å². The monoisotopic (exact) mass is 409 g/mol. The number of aromatic nitrogens is 4. The molecule has 0 spiro atoms. The number of benzene rings is 1. The molecule has 0 saturated carbocycles. The second-order valence-electron chi connectivity index (χ2n) is 7.41. The number of pyridine rings is 1. The highest BCUT2D eigenvalue weighted by atomic mass is 19.4. The van der Waals surface area contributed by atoms with E-state index in [1.165, 1.54) is 12.1 Å². The molecule has 30 heavy (non-hydrogen) atoms. The quantitative estimate of drug-likeness (QED) is 0.504. The summed E-state index contributed by atoms with van der Waals surface area (Å²) in [6, 6.07) is 13.0. The molecule has 0 N–H and O–H groups in total. The minimum atomic E-state index is -4.35. The molecule has 0 amide bonds. The Bertz CT molecular complexity index is 1160. The minimum Gasteiger partial charge on any atom is -0.293 e. The van der Waals surface area contributed by atoms with Gasteiger partial charge in [-0.25, -0.2) is 14.5 Å². The average Bonchev–Trinajstić information content (AvgIpc) is 3.15. The van der Waals surface area contributed by atoms with Gasteiger partial charge in [0.05, 0.1) is 22.5 Å². The number of alkyl halides is 3. The van der Waals surface area contributed by atoms with E-state index in [0.717, 1.165) is 60.7 Å². The van der Waals surface area contributed by atoms with E-state index < -0.39 is 11.7 Å². The minimum absolute atomic E-state index is 0.455. The summed E-state index contributed by atoms with van der Waals surface area (Å²) in [6.45, 7) is 2.29. The number of rotatable bonds is 3. The highest BCUT2D eigenvalue weighted by Crippen LogP contribution is 2.30. The van der Waals surface area contributed by atoms with Gasteiger partial charge in [0.1, 0.15) is 0 Å². The van der Waals surface area contributed by atoms with Crippen molar-refractivity contribution in [3.8, 4) is 11.4 Å². The zero-order valence-corrected chi connectivity index (χ0v) is 16.0. The van der Waals surface area contributed by atoms with Crippen LogP contribution in [0.2, 0.25) is 0 Å². The average molecular weight is 409 g/mol. The third kappa shape index (κ3) is 3.66. The van der Waals surface area contributed by atoms with Crippen molar-refractivity contribution >= 4 is 5.52 Å². The van der Waals surface area contributed by atoms with Gasteiger partial charge in [-0.1, -0.05) is 18.2 Å². The first-order chi connectivity index (χ1) is 14.5. The van der Waals surface area contributed by atoms with Gasteiger partial charge >= 0.3 is 6.18 Å². The van der Waals surface area contributed by atoms with Crippen molar-refractivity contribution in [2.75, 3.05) is 6.54 Å². The van der Waals surface area contributed by atoms with E-state index in [1.807, 2.05) is 28.9 Å². The Morgan fingerprint density at radius 3 is 2.63 bits per heavy atom. The molecule has 3 aromatic heterocycles. The van der Waals surface area contributed by atoms with Crippen molar-refractivity contribution in [1.29, 1.82) is 0 Å². The predicted molar refractivity (Wildman–Crippen MR) is 105 cm³/mol. The molecular weight excluding hydrogens is 391 g/mol. The van der Waals surface area contributed by atoms with Gasteiger partial charge in [-0.05, 0) is 30.3 Å². The summed E-state index contributed by atoms with van der Waals surface area (Å²) >= 11 is 0. The van der Waals surface area contributed by atoms with Gasteiger partial charge in [-0.3, -0.25) is 4.90 Å². The van der Waals surface area contributed by atoms with Gasteiger partial charge in [0, 0.05) is 49.6 Å². The molecule has 5 rings (SSSR count). The summed E-state index contributed by atoms with van der Waals surface area (Å²) in [5, 5.41) is 4.60. The smallest absolute Gasteiger partial charge is 0.293 e. The Hall–Kier alpha value is -3.26. The lowest BCUT2D eigenvalue weighted by Crippen LogP contribution is -2.31. The Kier molecular flexibility index (Phi) is 4.51. The van der Waals surface area contributed by atoms with E-state index >= 15 is 0 Å². The van der Waals surface area contributed by atoms with Crippen LogP contribution in [0.3, 0.4) is 0 Å². The van der Waals surface area contributed by atoms with Gasteiger partial charge < -0.3 is 0 Å². The molecule has 1 aliphatic rings. The standard InChI is InChI=1S/C22H18F3N5/c23-22(24,25)17-6-4-15(5-7-17)21-26-12-16-13-29(10-8-20(16)27-21)14-18-11-19-3-1-2-9-30(19)28-18/h1-7,9,11-12H,8,10,13-14H2. The zero-order chi connectivity index (χ0) is 20.7. The maximum atomic E-state index is 12.8. The first-order valence-corrected chi connectivity index (χ1v) is 9.64. The Morgan fingerprint density at radius 2 is 1.87 bits per heavy atom. The maximum Gasteiger partial charge on any atom is 0.416 e. The summed E-state index contributed by atoms with van der Waals surface area (Å²) < 4.78 is 40.1. The Morgan fingerprint density at radius 1 is 1.03 bits per heavy atom. The van der Waals surface area contributed by atoms with Crippen LogP contribution in [0.1, 0.15) is 22.5 Å². The van der Waals surface area contributed by atoms with Crippen LogP contribution in [0.25, 0.3) is 16.9 Å². The van der Waals surface area contributed by atoms with Crippen molar-refractivity contribution in [3.05, 3.63) is 83.4 Å². The molecule has 0 fully saturated rings. The molecule has 1 aromatic carbocycles. The Labute approximate surface area is 170 Å². The fraction of sp³-hybridized carbons (Fsp3) is 0.227. The van der Waals surface area contributed by atoms with E-state index in [0.29, 0.717) is 11.4 Å². The molecule has 0 atom stereocenters. The van der Waals surface area contributed by atoms with Crippen LogP contribution < -0.4 is 0 Å². The predicted octanol–water partition coefficient (Wildman–Crippen LogP) is 4.37. The summed E-state index contributed by atoms with van der Waals surface area (Å²) in [5.41, 5.74) is 3.97. The first kappa shape index (κ1) is 18.7. The van der Waals surface area contributed by atoms with E-state index in [9.17, 15) is 13.2 Å². The molecular formula is C22H18F3N5. The zero-order valence-electron chi connectivity index (χ0n) is 16.0. The largest absolute Gasteiger partial charge is 0.416 e. The van der Waals surface area contributed by atoms with Crippen molar-refractivity contribution in [1.82, 2.24) is 24.5 Å². The van der Waals surface area contributed by atoms with Crippen molar-refractivity contribution in [2.45, 2.75) is 25.7 Å². The molecule has 152 valence electrons. The fourth-order valence-electron chi connectivity index (χ4n) is 3.75. The molecule has 1 aliphatic heterocycles. The van der Waals surface area contributed by atoms with Crippen molar-refractivity contribution < 1.29 is 13.2 Å². The molecule has 4 heterocycles. The number of fused-ring (bicyclic) bond motifs is 2. The lowest BCUT2D eigenvalue weighted by atomic mass is 10.1. The number of nitrogens with zero attached hydrogens (tertiary/aromatic N) is 5. The second-order valence-corrected chi connectivity index (χ2v) is 7.41. The van der Waals surface area contributed by atoms with Gasteiger partial charge in [-0.15, -0.1) is 0 Å². The van der Waals surface area contributed by atoms with Crippen LogP contribution in [-0.4, -0.2) is 31.0 Å². The second kappa shape index (κ2) is 7.21. The van der Waals surface area contributed by atoms with Crippen LogP contribution in [0, 0.1) is 0 Å². The maximum absolute atomic E-state index is 12.8. The van der Waals surface area contributed by atoms with Crippen LogP contribution in [0.4, 0.5) is 13.2 Å². The summed E-state index contributed by atoms with van der Waals surface area (Å²) in [7, 11) is 0. The lowest BCUT2D eigenvalue weighted by molar-refractivity contribution is -0.137.